The lowest BCUT2D eigenvalue weighted by Gasteiger charge is -2.41. The lowest BCUT2D eigenvalue weighted by molar-refractivity contribution is -0.198. The van der Waals surface area contributed by atoms with Gasteiger partial charge in [-0.25, -0.2) is 0 Å². The van der Waals surface area contributed by atoms with Crippen molar-refractivity contribution in [2.24, 2.45) is 11.8 Å². The van der Waals surface area contributed by atoms with Crippen molar-refractivity contribution >= 4 is 0 Å². The van der Waals surface area contributed by atoms with E-state index in [1.807, 2.05) is 6.92 Å². The molecule has 0 aliphatic carbocycles. The lowest BCUT2D eigenvalue weighted by Crippen LogP contribution is -2.52. The normalized spacial score (nSPS) is 23.8. The molecular formula is C20H38F3NO. The van der Waals surface area contributed by atoms with Crippen molar-refractivity contribution in [1.29, 1.82) is 0 Å². The topological polar surface area (TPSA) is 23.5 Å². The van der Waals surface area contributed by atoms with E-state index in [2.05, 4.69) is 6.92 Å². The Morgan fingerprint density at radius 1 is 1.00 bits per heavy atom. The van der Waals surface area contributed by atoms with E-state index >= 15 is 0 Å². The predicted octanol–water partition coefficient (Wildman–Crippen LogP) is 5.79. The number of aliphatic hydroxyl groups is 1. The smallest absolute Gasteiger partial charge is 0.396 e. The van der Waals surface area contributed by atoms with E-state index < -0.39 is 12.2 Å². The van der Waals surface area contributed by atoms with Crippen LogP contribution in [-0.2, 0) is 0 Å². The largest absolute Gasteiger partial charge is 0.404 e. The molecule has 3 unspecified atom stereocenters. The van der Waals surface area contributed by atoms with Gasteiger partial charge in [-0.15, -0.1) is 0 Å². The average molecular weight is 366 g/mol. The molecular weight excluding hydrogens is 327 g/mol. The number of nitrogens with zero attached hydrogens (tertiary/aromatic N) is 1. The van der Waals surface area contributed by atoms with Crippen molar-refractivity contribution < 1.29 is 18.3 Å². The second-order valence-electron chi connectivity index (χ2n) is 7.87. The van der Waals surface area contributed by atoms with E-state index in [0.29, 0.717) is 13.1 Å². The first-order valence-electron chi connectivity index (χ1n) is 10.3. The summed E-state index contributed by atoms with van der Waals surface area (Å²) in [6.07, 6.45) is 7.43. The zero-order valence-electron chi connectivity index (χ0n) is 16.2. The SMILES string of the molecule is CCCCCCCCCCCN1CCC(C(C)CO)CC1C(F)(F)F. The lowest BCUT2D eigenvalue weighted by atomic mass is 9.82. The van der Waals surface area contributed by atoms with Crippen LogP contribution in [0.2, 0.25) is 0 Å². The highest BCUT2D eigenvalue weighted by Crippen LogP contribution is 2.37. The molecule has 0 aromatic carbocycles. The van der Waals surface area contributed by atoms with Crippen LogP contribution in [-0.4, -0.2) is 41.9 Å². The average Bonchev–Trinajstić information content (AvgIpc) is 2.58. The van der Waals surface area contributed by atoms with Crippen LogP contribution in [0.3, 0.4) is 0 Å². The summed E-state index contributed by atoms with van der Waals surface area (Å²) in [6, 6.07) is -1.32. The molecule has 1 aliphatic heterocycles. The van der Waals surface area contributed by atoms with Gasteiger partial charge in [0.1, 0.15) is 6.04 Å². The summed E-state index contributed by atoms with van der Waals surface area (Å²) in [7, 11) is 0. The maximum atomic E-state index is 13.4. The minimum atomic E-state index is -4.16. The summed E-state index contributed by atoms with van der Waals surface area (Å²) in [5.41, 5.74) is 0. The Morgan fingerprint density at radius 3 is 2.08 bits per heavy atom. The molecule has 0 aromatic rings. The Bertz CT molecular complexity index is 335. The van der Waals surface area contributed by atoms with E-state index in [0.717, 1.165) is 25.7 Å². The maximum absolute atomic E-state index is 13.4. The number of halogens is 3. The summed E-state index contributed by atoms with van der Waals surface area (Å²) in [5, 5.41) is 9.24. The third kappa shape index (κ3) is 8.76. The molecule has 150 valence electrons. The van der Waals surface area contributed by atoms with E-state index in [4.69, 9.17) is 0 Å². The standard InChI is InChI=1S/C20H38F3NO/c1-3-4-5-6-7-8-9-10-11-13-24-14-12-18(17(2)16-25)15-19(24)20(21,22)23/h17-19,25H,3-16H2,1-2H3. The third-order valence-electron chi connectivity index (χ3n) is 5.77. The number of aliphatic hydroxyl groups excluding tert-OH is 1. The molecule has 5 heteroatoms. The van der Waals surface area contributed by atoms with Crippen LogP contribution in [0.15, 0.2) is 0 Å². The second-order valence-corrected chi connectivity index (χ2v) is 7.87. The molecule has 0 radical (unpaired) electrons. The summed E-state index contributed by atoms with van der Waals surface area (Å²) < 4.78 is 40.2. The van der Waals surface area contributed by atoms with E-state index in [1.165, 1.54) is 38.5 Å². The van der Waals surface area contributed by atoms with Crippen LogP contribution < -0.4 is 0 Å². The molecule has 0 spiro atoms. The fraction of sp³-hybridized carbons (Fsp3) is 1.00. The highest BCUT2D eigenvalue weighted by molar-refractivity contribution is 4.88. The molecule has 1 N–H and O–H groups in total. The monoisotopic (exact) mass is 365 g/mol. The van der Waals surface area contributed by atoms with Crippen molar-refractivity contribution in [2.45, 2.75) is 96.7 Å². The number of unbranched alkanes of at least 4 members (excludes halogenated alkanes) is 8. The van der Waals surface area contributed by atoms with Crippen molar-refractivity contribution in [3.05, 3.63) is 0 Å². The van der Waals surface area contributed by atoms with Gasteiger partial charge in [0, 0.05) is 6.61 Å². The molecule has 1 saturated heterocycles. The third-order valence-corrected chi connectivity index (χ3v) is 5.77. The Kier molecular flexibility index (Phi) is 11.1. The highest BCUT2D eigenvalue weighted by atomic mass is 19.4. The minimum absolute atomic E-state index is 0.0176. The van der Waals surface area contributed by atoms with Gasteiger partial charge in [0.05, 0.1) is 0 Å². The first-order valence-corrected chi connectivity index (χ1v) is 10.3. The van der Waals surface area contributed by atoms with Crippen LogP contribution in [0.5, 0.6) is 0 Å². The Morgan fingerprint density at radius 2 is 1.56 bits per heavy atom. The number of piperidine rings is 1. The first-order chi connectivity index (χ1) is 11.9. The van der Waals surface area contributed by atoms with E-state index in [-0.39, 0.29) is 24.9 Å². The summed E-state index contributed by atoms with van der Waals surface area (Å²) in [4.78, 5) is 1.64. The van der Waals surface area contributed by atoms with Crippen LogP contribution in [0.25, 0.3) is 0 Å². The Balaban J connectivity index is 2.27. The van der Waals surface area contributed by atoms with Gasteiger partial charge >= 0.3 is 6.18 Å². The van der Waals surface area contributed by atoms with Gasteiger partial charge in [-0.2, -0.15) is 13.2 Å². The number of hydrogen-bond acceptors (Lipinski definition) is 2. The molecule has 0 amide bonds. The molecule has 3 atom stereocenters. The molecule has 0 aromatic heterocycles. The van der Waals surface area contributed by atoms with Crippen LogP contribution >= 0.6 is 0 Å². The van der Waals surface area contributed by atoms with Crippen molar-refractivity contribution in [1.82, 2.24) is 4.90 Å². The number of likely N-dealkylation sites (tertiary alicyclic amines) is 1. The molecule has 25 heavy (non-hydrogen) atoms. The summed E-state index contributed by atoms with van der Waals surface area (Å²) in [6.45, 7) is 5.11. The molecule has 2 nitrogen and oxygen atoms in total. The van der Waals surface area contributed by atoms with Crippen LogP contribution in [0.4, 0.5) is 13.2 Å². The van der Waals surface area contributed by atoms with Crippen LogP contribution in [0, 0.1) is 11.8 Å². The predicted molar refractivity (Wildman–Crippen MR) is 97.6 cm³/mol. The van der Waals surface area contributed by atoms with Crippen molar-refractivity contribution in [3.8, 4) is 0 Å². The zero-order chi connectivity index (χ0) is 18.7. The van der Waals surface area contributed by atoms with Gasteiger partial charge in [-0.05, 0) is 44.2 Å². The highest BCUT2D eigenvalue weighted by Gasteiger charge is 2.46. The quantitative estimate of drug-likeness (QED) is 0.443. The molecule has 0 bridgehead atoms. The van der Waals surface area contributed by atoms with E-state index in [9.17, 15) is 18.3 Å². The molecule has 1 aliphatic rings. The molecule has 0 saturated carbocycles. The van der Waals surface area contributed by atoms with Gasteiger partial charge in [-0.3, -0.25) is 4.90 Å². The number of rotatable bonds is 12. The first kappa shape index (κ1) is 22.8. The fourth-order valence-electron chi connectivity index (χ4n) is 3.94. The van der Waals surface area contributed by atoms with Crippen LogP contribution in [0.1, 0.15) is 84.5 Å². The summed E-state index contributed by atoms with van der Waals surface area (Å²) >= 11 is 0. The molecule has 1 rings (SSSR count). The van der Waals surface area contributed by atoms with E-state index in [1.54, 1.807) is 4.90 Å². The number of hydrogen-bond donors (Lipinski definition) is 1. The van der Waals surface area contributed by atoms with Gasteiger partial charge in [0.2, 0.25) is 0 Å². The van der Waals surface area contributed by atoms with Crippen molar-refractivity contribution in [2.75, 3.05) is 19.7 Å². The summed E-state index contributed by atoms with van der Waals surface area (Å²) in [5.74, 6) is -0.0595. The fourth-order valence-corrected chi connectivity index (χ4v) is 3.94. The van der Waals surface area contributed by atoms with Gasteiger partial charge in [-0.1, -0.05) is 65.2 Å². The minimum Gasteiger partial charge on any atom is -0.396 e. The molecule has 1 heterocycles. The molecule has 1 fully saturated rings. The van der Waals surface area contributed by atoms with Gasteiger partial charge in [0.25, 0.3) is 0 Å². The van der Waals surface area contributed by atoms with Crippen molar-refractivity contribution in [3.63, 3.8) is 0 Å². The van der Waals surface area contributed by atoms with Gasteiger partial charge < -0.3 is 5.11 Å². The Hall–Kier alpha value is -0.290. The number of alkyl halides is 3. The maximum Gasteiger partial charge on any atom is 0.404 e. The second kappa shape index (κ2) is 12.2. The zero-order valence-corrected chi connectivity index (χ0v) is 16.2. The van der Waals surface area contributed by atoms with Gasteiger partial charge in [0.15, 0.2) is 0 Å². The Labute approximate surface area is 152 Å².